The molecule has 0 aliphatic rings. The van der Waals surface area contributed by atoms with E-state index in [2.05, 4.69) is 15.3 Å². The van der Waals surface area contributed by atoms with Gasteiger partial charge < -0.3 is 0 Å². The Labute approximate surface area is 127 Å². The summed E-state index contributed by atoms with van der Waals surface area (Å²) in [6.45, 7) is 0. The van der Waals surface area contributed by atoms with Gasteiger partial charge in [0.15, 0.2) is 5.82 Å². The fourth-order valence-corrected chi connectivity index (χ4v) is 2.00. The molecule has 0 saturated heterocycles. The van der Waals surface area contributed by atoms with E-state index in [1.54, 1.807) is 12.3 Å². The van der Waals surface area contributed by atoms with Gasteiger partial charge in [0.2, 0.25) is 0 Å². The van der Waals surface area contributed by atoms with Gasteiger partial charge in [-0.3, -0.25) is 0 Å². The van der Waals surface area contributed by atoms with Crippen molar-refractivity contribution in [3.8, 4) is 11.4 Å². The summed E-state index contributed by atoms with van der Waals surface area (Å²) in [6, 6.07) is 19.3. The molecule has 0 saturated carbocycles. The number of hydrogen-bond acceptors (Lipinski definition) is 3. The Morgan fingerprint density at radius 2 is 1.68 bits per heavy atom. The maximum absolute atomic E-state index is 11.8. The minimum Gasteiger partial charge on any atom is -0.244 e. The van der Waals surface area contributed by atoms with Crippen LogP contribution in [0.5, 0.6) is 0 Å². The fraction of sp³-hybridized carbons (Fsp3) is 0. The van der Waals surface area contributed by atoms with E-state index in [1.807, 2.05) is 66.7 Å². The number of aromatic amines is 1. The molecule has 3 rings (SSSR count). The summed E-state index contributed by atoms with van der Waals surface area (Å²) in [5.74, 6) is 0.481. The van der Waals surface area contributed by atoms with E-state index in [1.165, 1.54) is 4.68 Å². The second kappa shape index (κ2) is 6.49. The van der Waals surface area contributed by atoms with Crippen molar-refractivity contribution in [1.29, 1.82) is 0 Å². The second-order valence-corrected chi connectivity index (χ2v) is 4.56. The van der Waals surface area contributed by atoms with Crippen molar-refractivity contribution in [2.75, 3.05) is 0 Å². The molecule has 2 aromatic carbocycles. The van der Waals surface area contributed by atoms with Crippen molar-refractivity contribution in [2.24, 2.45) is 5.10 Å². The highest BCUT2D eigenvalue weighted by Crippen LogP contribution is 2.13. The van der Waals surface area contributed by atoms with Crippen molar-refractivity contribution in [2.45, 2.75) is 0 Å². The monoisotopic (exact) mass is 290 g/mol. The highest BCUT2D eigenvalue weighted by molar-refractivity contribution is 5.78. The van der Waals surface area contributed by atoms with E-state index >= 15 is 0 Å². The summed E-state index contributed by atoms with van der Waals surface area (Å²) in [4.78, 5) is 11.8. The van der Waals surface area contributed by atoms with Crippen LogP contribution in [0.2, 0.25) is 0 Å². The Kier molecular flexibility index (Phi) is 4.06. The van der Waals surface area contributed by atoms with Gasteiger partial charge in [0.05, 0.1) is 0 Å². The fourth-order valence-electron chi connectivity index (χ4n) is 2.00. The summed E-state index contributed by atoms with van der Waals surface area (Å²) >= 11 is 0. The molecular formula is C17H14N4O. The lowest BCUT2D eigenvalue weighted by atomic mass is 10.2. The van der Waals surface area contributed by atoms with Crippen LogP contribution in [0.1, 0.15) is 5.56 Å². The quantitative estimate of drug-likeness (QED) is 0.751. The van der Waals surface area contributed by atoms with Crippen LogP contribution in [-0.2, 0) is 0 Å². The molecule has 0 fully saturated rings. The molecule has 5 heteroatoms. The maximum atomic E-state index is 11.8. The first-order chi connectivity index (χ1) is 10.8. The van der Waals surface area contributed by atoms with Gasteiger partial charge in [0.1, 0.15) is 0 Å². The number of benzene rings is 2. The third-order valence-electron chi connectivity index (χ3n) is 3.04. The first-order valence-corrected chi connectivity index (χ1v) is 6.83. The summed E-state index contributed by atoms with van der Waals surface area (Å²) in [5, 5.41) is 10.6. The van der Waals surface area contributed by atoms with E-state index < -0.39 is 0 Å². The van der Waals surface area contributed by atoms with E-state index in [4.69, 9.17) is 0 Å². The Balaban J connectivity index is 1.84. The first kappa shape index (κ1) is 13.8. The lowest BCUT2D eigenvalue weighted by Crippen LogP contribution is -2.13. The van der Waals surface area contributed by atoms with Gasteiger partial charge in [-0.15, -0.1) is 0 Å². The number of aromatic nitrogens is 3. The van der Waals surface area contributed by atoms with Crippen LogP contribution in [0.3, 0.4) is 0 Å². The largest absolute Gasteiger partial charge is 0.364 e. The molecule has 22 heavy (non-hydrogen) atoms. The van der Waals surface area contributed by atoms with Crippen LogP contribution >= 0.6 is 0 Å². The Morgan fingerprint density at radius 3 is 2.41 bits per heavy atom. The van der Waals surface area contributed by atoms with Crippen molar-refractivity contribution < 1.29 is 0 Å². The highest BCUT2D eigenvalue weighted by atomic mass is 16.2. The average molecular weight is 290 g/mol. The molecule has 1 aromatic heterocycles. The molecule has 0 unspecified atom stereocenters. The third kappa shape index (κ3) is 3.09. The van der Waals surface area contributed by atoms with Gasteiger partial charge in [0, 0.05) is 11.8 Å². The second-order valence-electron chi connectivity index (χ2n) is 4.56. The van der Waals surface area contributed by atoms with E-state index in [9.17, 15) is 4.79 Å². The number of nitrogens with one attached hydrogen (secondary N) is 1. The van der Waals surface area contributed by atoms with Crippen LogP contribution < -0.4 is 5.69 Å². The Morgan fingerprint density at radius 1 is 1.00 bits per heavy atom. The normalized spacial score (nSPS) is 11.5. The summed E-state index contributed by atoms with van der Waals surface area (Å²) in [6.07, 6.45) is 5.26. The molecule has 1 heterocycles. The lowest BCUT2D eigenvalue weighted by molar-refractivity contribution is 0.843. The highest BCUT2D eigenvalue weighted by Gasteiger charge is 2.08. The van der Waals surface area contributed by atoms with Crippen LogP contribution in [0.4, 0.5) is 0 Å². The minimum absolute atomic E-state index is 0.372. The summed E-state index contributed by atoms with van der Waals surface area (Å²) < 4.78 is 1.24. The molecular weight excluding hydrogens is 276 g/mol. The molecule has 0 spiro atoms. The molecule has 0 atom stereocenters. The van der Waals surface area contributed by atoms with Crippen molar-refractivity contribution >= 4 is 12.3 Å². The maximum Gasteiger partial charge on any atom is 0.364 e. The van der Waals surface area contributed by atoms with Crippen LogP contribution in [0.15, 0.2) is 76.6 Å². The number of hydrogen-bond donors (Lipinski definition) is 1. The van der Waals surface area contributed by atoms with E-state index in [-0.39, 0.29) is 5.69 Å². The molecule has 0 radical (unpaired) electrons. The van der Waals surface area contributed by atoms with Crippen LogP contribution in [0.25, 0.3) is 17.5 Å². The van der Waals surface area contributed by atoms with Crippen LogP contribution in [0, 0.1) is 0 Å². The number of allylic oxidation sites excluding steroid dienone is 1. The number of rotatable bonds is 4. The predicted octanol–water partition coefficient (Wildman–Crippen LogP) is 2.79. The van der Waals surface area contributed by atoms with Crippen molar-refractivity contribution in [3.05, 3.63) is 82.8 Å². The first-order valence-electron chi connectivity index (χ1n) is 6.83. The molecule has 0 bridgehead atoms. The zero-order valence-corrected chi connectivity index (χ0v) is 11.8. The van der Waals surface area contributed by atoms with Gasteiger partial charge in [-0.2, -0.15) is 14.9 Å². The van der Waals surface area contributed by atoms with Gasteiger partial charge >= 0.3 is 5.69 Å². The molecule has 0 aliphatic heterocycles. The number of H-pyrrole nitrogens is 1. The molecule has 3 aromatic rings. The van der Waals surface area contributed by atoms with Gasteiger partial charge in [-0.05, 0) is 11.6 Å². The third-order valence-corrected chi connectivity index (χ3v) is 3.04. The van der Waals surface area contributed by atoms with Crippen LogP contribution in [-0.4, -0.2) is 21.1 Å². The van der Waals surface area contributed by atoms with Crippen molar-refractivity contribution in [1.82, 2.24) is 14.9 Å². The zero-order chi connectivity index (χ0) is 15.2. The van der Waals surface area contributed by atoms with E-state index in [0.717, 1.165) is 11.1 Å². The smallest absolute Gasteiger partial charge is 0.244 e. The lowest BCUT2D eigenvalue weighted by Gasteiger charge is -1.98. The summed E-state index contributed by atoms with van der Waals surface area (Å²) in [7, 11) is 0. The molecule has 108 valence electrons. The molecule has 1 N–H and O–H groups in total. The Hall–Kier alpha value is -3.21. The average Bonchev–Trinajstić information content (AvgIpc) is 2.94. The SMILES string of the molecule is O=c1[nH]nc(-c2ccccc2)n1/N=C\C=C\c1ccccc1. The van der Waals surface area contributed by atoms with Gasteiger partial charge in [-0.1, -0.05) is 66.7 Å². The van der Waals surface area contributed by atoms with Gasteiger partial charge in [0.25, 0.3) is 0 Å². The topological polar surface area (TPSA) is 63.0 Å². The van der Waals surface area contributed by atoms with Gasteiger partial charge in [-0.25, -0.2) is 9.89 Å². The Bertz CT molecular complexity index is 845. The predicted molar refractivity (Wildman–Crippen MR) is 87.6 cm³/mol. The standard InChI is InChI=1S/C17H14N4O/c22-17-20-19-16(15-11-5-2-6-12-15)21(17)18-13-7-10-14-8-3-1-4-9-14/h1-13H,(H,20,22)/b10-7+,18-13-. The molecule has 5 nitrogen and oxygen atoms in total. The van der Waals surface area contributed by atoms with E-state index in [0.29, 0.717) is 5.82 Å². The summed E-state index contributed by atoms with van der Waals surface area (Å²) in [5.41, 5.74) is 1.52. The number of nitrogens with zero attached hydrogens (tertiary/aromatic N) is 3. The zero-order valence-electron chi connectivity index (χ0n) is 11.8. The molecule has 0 aliphatic carbocycles. The minimum atomic E-state index is -0.372. The van der Waals surface area contributed by atoms with Crippen molar-refractivity contribution in [3.63, 3.8) is 0 Å². The molecule has 0 amide bonds.